The molecule has 10 N–H and O–H groups in total. The van der Waals surface area contributed by atoms with E-state index in [0.717, 1.165) is 6.07 Å². The van der Waals surface area contributed by atoms with Gasteiger partial charge in [-0.05, 0) is 18.2 Å². The van der Waals surface area contributed by atoms with Crippen molar-refractivity contribution in [2.75, 3.05) is 13.2 Å². The van der Waals surface area contributed by atoms with E-state index >= 15 is 0 Å². The second kappa shape index (κ2) is 12.2. The van der Waals surface area contributed by atoms with Crippen LogP contribution in [0.15, 0.2) is 42.2 Å². The molecule has 5 rings (SSSR count). The van der Waals surface area contributed by atoms with Crippen LogP contribution in [0.25, 0.3) is 6.08 Å². The molecule has 0 radical (unpaired) electrons. The third-order valence-corrected chi connectivity index (χ3v) is 7.31. The van der Waals surface area contributed by atoms with Gasteiger partial charge in [0.05, 0.1) is 18.8 Å². The number of ether oxygens (including phenoxy) is 5. The maximum atomic E-state index is 11.0. The smallest absolute Gasteiger partial charge is 0.229 e. The number of rotatable bonds is 7. The highest BCUT2D eigenvalue weighted by Crippen LogP contribution is 2.45. The molecule has 3 heterocycles. The van der Waals surface area contributed by atoms with Crippen LogP contribution >= 0.6 is 0 Å². The minimum Gasteiger partial charge on any atom is -0.508 e. The summed E-state index contributed by atoms with van der Waals surface area (Å²) in [5.41, 5.74) is 0.549. The molecule has 15 nitrogen and oxygen atoms in total. The number of phenols is 3. The van der Waals surface area contributed by atoms with Gasteiger partial charge in [0.25, 0.3) is 0 Å². The number of hydrogen-bond acceptors (Lipinski definition) is 15. The van der Waals surface area contributed by atoms with Crippen molar-refractivity contribution in [3.63, 3.8) is 0 Å². The van der Waals surface area contributed by atoms with Crippen molar-refractivity contribution in [1.82, 2.24) is 0 Å². The summed E-state index contributed by atoms with van der Waals surface area (Å²) in [6.45, 7) is -1.49. The molecule has 2 saturated heterocycles. The quantitative estimate of drug-likeness (QED) is 0.165. The summed E-state index contributed by atoms with van der Waals surface area (Å²) in [6, 6.07) is 8.14. The molecule has 0 aliphatic carbocycles. The van der Waals surface area contributed by atoms with Crippen LogP contribution in [0.5, 0.6) is 23.0 Å². The summed E-state index contributed by atoms with van der Waals surface area (Å²) in [5, 5.41) is 102. The molecule has 42 heavy (non-hydrogen) atoms. The zero-order chi connectivity index (χ0) is 30.3. The van der Waals surface area contributed by atoms with Crippen molar-refractivity contribution in [2.24, 2.45) is 0 Å². The lowest BCUT2D eigenvalue weighted by atomic mass is 9.97. The van der Waals surface area contributed by atoms with Gasteiger partial charge in [-0.1, -0.05) is 12.1 Å². The minimum absolute atomic E-state index is 0.0387. The average molecular weight is 597 g/mol. The Morgan fingerprint density at radius 1 is 0.690 bits per heavy atom. The van der Waals surface area contributed by atoms with Crippen LogP contribution in [0.1, 0.15) is 17.2 Å². The van der Waals surface area contributed by atoms with E-state index in [2.05, 4.69) is 0 Å². The van der Waals surface area contributed by atoms with E-state index in [1.165, 1.54) is 36.4 Å². The molecule has 11 atom stereocenters. The van der Waals surface area contributed by atoms with Crippen LogP contribution in [0.3, 0.4) is 0 Å². The number of aliphatic hydroxyl groups is 7. The molecule has 0 saturated carbocycles. The zero-order valence-electron chi connectivity index (χ0n) is 21.8. The van der Waals surface area contributed by atoms with Crippen LogP contribution in [-0.4, -0.2) is 126 Å². The molecule has 2 aromatic carbocycles. The topological polar surface area (TPSA) is 248 Å². The summed E-state index contributed by atoms with van der Waals surface area (Å²) >= 11 is 0. The Bertz CT molecular complexity index is 1270. The number of fused-ring (bicyclic) bond motifs is 1. The first-order valence-corrected chi connectivity index (χ1v) is 13.0. The lowest BCUT2D eigenvalue weighted by Gasteiger charge is -2.46. The molecule has 3 aliphatic rings. The largest absolute Gasteiger partial charge is 0.508 e. The molecule has 15 heteroatoms. The first-order chi connectivity index (χ1) is 20.0. The molecular weight excluding hydrogens is 564 g/mol. The third kappa shape index (κ3) is 5.71. The summed E-state index contributed by atoms with van der Waals surface area (Å²) in [6.07, 6.45) is -16.3. The molecule has 2 fully saturated rings. The minimum atomic E-state index is -1.86. The Morgan fingerprint density at radius 3 is 1.95 bits per heavy atom. The number of aromatic hydroxyl groups is 3. The first kappa shape index (κ1) is 30.2. The normalized spacial score (nSPS) is 36.5. The molecule has 2 aromatic rings. The Labute approximate surface area is 238 Å². The fourth-order valence-electron chi connectivity index (χ4n) is 4.99. The van der Waals surface area contributed by atoms with E-state index in [1.807, 2.05) is 0 Å². The van der Waals surface area contributed by atoms with Gasteiger partial charge in [0.15, 0.2) is 18.5 Å². The highest BCUT2D eigenvalue weighted by atomic mass is 16.8. The maximum absolute atomic E-state index is 11.0. The van der Waals surface area contributed by atoms with E-state index in [1.54, 1.807) is 0 Å². The molecule has 0 bridgehead atoms. The second-order valence-corrected chi connectivity index (χ2v) is 10.1. The van der Waals surface area contributed by atoms with Crippen molar-refractivity contribution >= 4 is 6.08 Å². The Morgan fingerprint density at radius 2 is 1.31 bits per heavy atom. The van der Waals surface area contributed by atoms with Crippen LogP contribution in [0.4, 0.5) is 0 Å². The van der Waals surface area contributed by atoms with Gasteiger partial charge in [0.2, 0.25) is 6.29 Å². The van der Waals surface area contributed by atoms with Gasteiger partial charge in [0.1, 0.15) is 71.5 Å². The van der Waals surface area contributed by atoms with Gasteiger partial charge in [-0.15, -0.1) is 0 Å². The number of benzene rings is 2. The zero-order valence-corrected chi connectivity index (χ0v) is 21.8. The molecular formula is C27H32O15. The van der Waals surface area contributed by atoms with Crippen LogP contribution in [-0.2, 0) is 18.9 Å². The van der Waals surface area contributed by atoms with Crippen molar-refractivity contribution in [3.05, 3.63) is 53.3 Å². The summed E-state index contributed by atoms with van der Waals surface area (Å²) < 4.78 is 28.9. The van der Waals surface area contributed by atoms with Crippen molar-refractivity contribution < 1.29 is 74.7 Å². The van der Waals surface area contributed by atoms with E-state index in [9.17, 15) is 51.1 Å². The second-order valence-electron chi connectivity index (χ2n) is 10.1. The van der Waals surface area contributed by atoms with Crippen LogP contribution in [0, 0.1) is 0 Å². The summed E-state index contributed by atoms with van der Waals surface area (Å²) in [7, 11) is 0. The monoisotopic (exact) mass is 596 g/mol. The first-order valence-electron chi connectivity index (χ1n) is 13.0. The third-order valence-electron chi connectivity index (χ3n) is 7.31. The number of aliphatic hydroxyl groups excluding tert-OH is 7. The van der Waals surface area contributed by atoms with Crippen molar-refractivity contribution in [3.8, 4) is 23.0 Å². The van der Waals surface area contributed by atoms with E-state index in [4.69, 9.17) is 23.7 Å². The predicted molar refractivity (Wildman–Crippen MR) is 137 cm³/mol. The van der Waals surface area contributed by atoms with Gasteiger partial charge < -0.3 is 74.7 Å². The molecule has 1 unspecified atom stereocenters. The lowest BCUT2D eigenvalue weighted by Crippen LogP contribution is -2.64. The lowest BCUT2D eigenvalue weighted by molar-refractivity contribution is -0.364. The van der Waals surface area contributed by atoms with Crippen molar-refractivity contribution in [1.29, 1.82) is 0 Å². The Balaban J connectivity index is 1.50. The van der Waals surface area contributed by atoms with Crippen molar-refractivity contribution in [2.45, 2.75) is 67.5 Å². The standard InChI is InChI=1S/C27H32O15/c28-8-17-19(33)21(35)23(37)26(40-17)42-25-22(36)20(34)18(9-29)41-27(25)39-16-7-13-14(32)5-12(31)6-15(13)38-24(16)10-1-3-11(30)4-2-10/h1-7,17-37H,8-9H2/t17-,18-,19-,20-,21+,22+,23-,24?,25-,26+,27-/m1/s1. The van der Waals surface area contributed by atoms with Gasteiger partial charge in [-0.25, -0.2) is 0 Å². The van der Waals surface area contributed by atoms with Gasteiger partial charge >= 0.3 is 0 Å². The predicted octanol–water partition coefficient (Wildman–Crippen LogP) is -2.08. The summed E-state index contributed by atoms with van der Waals surface area (Å²) in [5.74, 6) is -0.636. The van der Waals surface area contributed by atoms with Crippen LogP contribution < -0.4 is 4.74 Å². The number of phenolic OH excluding ortho intramolecular Hbond substituents is 3. The molecule has 0 amide bonds. The maximum Gasteiger partial charge on any atom is 0.229 e. The molecule has 0 aromatic heterocycles. The molecule has 0 spiro atoms. The average Bonchev–Trinajstić information content (AvgIpc) is 2.97. The molecule has 230 valence electrons. The fraction of sp³-hybridized carbons (Fsp3) is 0.481. The Kier molecular flexibility index (Phi) is 8.77. The van der Waals surface area contributed by atoms with Gasteiger partial charge in [-0.2, -0.15) is 0 Å². The van der Waals surface area contributed by atoms with E-state index in [0.29, 0.717) is 5.56 Å². The highest BCUT2D eigenvalue weighted by Gasteiger charge is 2.52. The Hall–Kier alpha value is -3.22. The fourth-order valence-corrected chi connectivity index (χ4v) is 4.99. The highest BCUT2D eigenvalue weighted by molar-refractivity contribution is 5.69. The number of hydrogen-bond donors (Lipinski definition) is 10. The van der Waals surface area contributed by atoms with Crippen LogP contribution in [0.2, 0.25) is 0 Å². The molecule has 3 aliphatic heterocycles. The van der Waals surface area contributed by atoms with Gasteiger partial charge in [0, 0.05) is 17.7 Å². The van der Waals surface area contributed by atoms with Gasteiger partial charge in [-0.3, -0.25) is 0 Å². The summed E-state index contributed by atoms with van der Waals surface area (Å²) in [4.78, 5) is 0. The van der Waals surface area contributed by atoms with E-state index < -0.39 is 80.7 Å². The SMILES string of the molecule is OC[C@H]1O[C@@H](O[C@H]2[C@H](OC3=Cc4c(O)cc(O)cc4OC3c3ccc(O)cc3)O[C@H](CO)[C@@H](O)[C@@H]2O)[C@H](O)[C@@H](O)[C@@H]1O. The van der Waals surface area contributed by atoms with E-state index in [-0.39, 0.29) is 34.3 Å².